The van der Waals surface area contributed by atoms with Crippen LogP contribution >= 0.6 is 0 Å². The van der Waals surface area contributed by atoms with Crippen molar-refractivity contribution in [3.05, 3.63) is 35.1 Å². The van der Waals surface area contributed by atoms with Crippen molar-refractivity contribution in [2.75, 3.05) is 13.6 Å². The molecule has 2 nitrogen and oxygen atoms in total. The van der Waals surface area contributed by atoms with E-state index < -0.39 is 5.60 Å². The van der Waals surface area contributed by atoms with Crippen molar-refractivity contribution < 1.29 is 9.50 Å². The lowest BCUT2D eigenvalue weighted by atomic mass is 9.88. The van der Waals surface area contributed by atoms with E-state index in [1.165, 1.54) is 6.07 Å². The first-order valence-corrected chi connectivity index (χ1v) is 5.71. The summed E-state index contributed by atoms with van der Waals surface area (Å²) in [5.41, 5.74) is 0.573. The van der Waals surface area contributed by atoms with Gasteiger partial charge in [0.2, 0.25) is 0 Å². The van der Waals surface area contributed by atoms with E-state index in [1.807, 2.05) is 7.05 Å². The minimum absolute atomic E-state index is 0.216. The smallest absolute Gasteiger partial charge is 0.126 e. The van der Waals surface area contributed by atoms with Crippen molar-refractivity contribution >= 4 is 0 Å². The molecule has 2 rings (SSSR count). The summed E-state index contributed by atoms with van der Waals surface area (Å²) in [5.74, 6) is 0.0937. The van der Waals surface area contributed by atoms with Crippen molar-refractivity contribution in [1.29, 1.82) is 0 Å². The van der Waals surface area contributed by atoms with Crippen LogP contribution in [0, 0.1) is 18.7 Å². The Morgan fingerprint density at radius 1 is 1.50 bits per heavy atom. The summed E-state index contributed by atoms with van der Waals surface area (Å²) in [7, 11) is 1.82. The van der Waals surface area contributed by atoms with E-state index in [0.717, 1.165) is 18.4 Å². The third-order valence-electron chi connectivity index (χ3n) is 3.36. The number of likely N-dealkylation sites (N-methyl/N-ethyl adjacent to an activating group) is 1. The van der Waals surface area contributed by atoms with E-state index in [0.29, 0.717) is 18.0 Å². The number of aliphatic hydroxyl groups is 1. The fourth-order valence-corrected chi connectivity index (χ4v) is 2.23. The minimum Gasteiger partial charge on any atom is -0.384 e. The van der Waals surface area contributed by atoms with Gasteiger partial charge in [0.1, 0.15) is 11.4 Å². The summed E-state index contributed by atoms with van der Waals surface area (Å²) in [6, 6.07) is 4.89. The lowest BCUT2D eigenvalue weighted by Crippen LogP contribution is -2.38. The average molecular weight is 223 g/mol. The second-order valence-corrected chi connectivity index (χ2v) is 4.69. The molecule has 0 heterocycles. The molecule has 0 bridgehead atoms. The SMILES string of the molecule is CNCC(O)(c1ccc(F)c(C)c1)C1CC1. The Labute approximate surface area is 95.5 Å². The van der Waals surface area contributed by atoms with Gasteiger partial charge in [-0.3, -0.25) is 0 Å². The molecule has 3 heteroatoms. The fourth-order valence-electron chi connectivity index (χ4n) is 2.23. The van der Waals surface area contributed by atoms with Crippen molar-refractivity contribution in [3.63, 3.8) is 0 Å². The molecule has 1 aromatic carbocycles. The third kappa shape index (κ3) is 1.97. The molecule has 2 N–H and O–H groups in total. The Hall–Kier alpha value is -0.930. The van der Waals surface area contributed by atoms with Gasteiger partial charge in [0.05, 0.1) is 0 Å². The number of hydrogen-bond donors (Lipinski definition) is 2. The molecule has 1 aliphatic carbocycles. The molecular formula is C13H18FNO. The molecule has 88 valence electrons. The molecule has 1 atom stereocenters. The van der Waals surface area contributed by atoms with Crippen LogP contribution in [-0.2, 0) is 5.60 Å². The van der Waals surface area contributed by atoms with Crippen LogP contribution in [0.4, 0.5) is 4.39 Å². The highest BCUT2D eigenvalue weighted by atomic mass is 19.1. The van der Waals surface area contributed by atoms with E-state index in [4.69, 9.17) is 0 Å². The molecule has 0 radical (unpaired) electrons. The van der Waals surface area contributed by atoms with Gasteiger partial charge in [0.15, 0.2) is 0 Å². The molecule has 1 saturated carbocycles. The number of benzene rings is 1. The van der Waals surface area contributed by atoms with Crippen LogP contribution in [0.2, 0.25) is 0 Å². The molecular weight excluding hydrogens is 205 g/mol. The van der Waals surface area contributed by atoms with Gasteiger partial charge in [-0.25, -0.2) is 4.39 Å². The summed E-state index contributed by atoms with van der Waals surface area (Å²) in [4.78, 5) is 0. The molecule has 0 saturated heterocycles. The number of hydrogen-bond acceptors (Lipinski definition) is 2. The quantitative estimate of drug-likeness (QED) is 0.817. The van der Waals surface area contributed by atoms with Gasteiger partial charge in [-0.2, -0.15) is 0 Å². The average Bonchev–Trinajstić information content (AvgIpc) is 3.06. The molecule has 0 aromatic heterocycles. The monoisotopic (exact) mass is 223 g/mol. The maximum atomic E-state index is 13.2. The minimum atomic E-state index is -0.840. The van der Waals surface area contributed by atoms with Gasteiger partial charge in [-0.15, -0.1) is 0 Å². The van der Waals surface area contributed by atoms with Crippen LogP contribution in [0.5, 0.6) is 0 Å². The standard InChI is InChI=1S/C13H18FNO/c1-9-7-11(5-6-12(9)14)13(16,8-15-2)10-3-4-10/h5-7,10,15-16H,3-4,8H2,1-2H3. The summed E-state index contributed by atoms with van der Waals surface area (Å²) < 4.78 is 13.2. The van der Waals surface area contributed by atoms with Crippen molar-refractivity contribution in [3.8, 4) is 0 Å². The molecule has 0 amide bonds. The summed E-state index contributed by atoms with van der Waals surface area (Å²) >= 11 is 0. The highest BCUT2D eigenvalue weighted by Gasteiger charge is 2.44. The first kappa shape index (κ1) is 11.6. The van der Waals surface area contributed by atoms with Gasteiger partial charge < -0.3 is 10.4 Å². The van der Waals surface area contributed by atoms with E-state index in [1.54, 1.807) is 19.1 Å². The molecule has 0 spiro atoms. The predicted molar refractivity (Wildman–Crippen MR) is 61.7 cm³/mol. The molecule has 1 aliphatic rings. The molecule has 16 heavy (non-hydrogen) atoms. The Balaban J connectivity index is 2.34. The van der Waals surface area contributed by atoms with Crippen LogP contribution in [0.15, 0.2) is 18.2 Å². The molecule has 0 aliphatic heterocycles. The number of nitrogens with one attached hydrogen (secondary N) is 1. The van der Waals surface area contributed by atoms with E-state index in [-0.39, 0.29) is 5.82 Å². The van der Waals surface area contributed by atoms with Crippen molar-refractivity contribution in [1.82, 2.24) is 5.32 Å². The predicted octanol–water partition coefficient (Wildman–Crippen LogP) is 1.95. The van der Waals surface area contributed by atoms with Gasteiger partial charge in [0, 0.05) is 6.54 Å². The van der Waals surface area contributed by atoms with Gasteiger partial charge in [-0.05, 0) is 49.9 Å². The summed E-state index contributed by atoms with van der Waals surface area (Å²) in [6.45, 7) is 2.24. The van der Waals surface area contributed by atoms with Crippen LogP contribution < -0.4 is 5.32 Å². The highest BCUT2D eigenvalue weighted by molar-refractivity contribution is 5.30. The largest absolute Gasteiger partial charge is 0.384 e. The Bertz CT molecular complexity index is 390. The van der Waals surface area contributed by atoms with Crippen LogP contribution in [0.3, 0.4) is 0 Å². The molecule has 1 aromatic rings. The van der Waals surface area contributed by atoms with Crippen LogP contribution in [0.25, 0.3) is 0 Å². The van der Waals surface area contributed by atoms with Crippen LogP contribution in [-0.4, -0.2) is 18.7 Å². The second-order valence-electron chi connectivity index (χ2n) is 4.69. The number of aryl methyl sites for hydroxylation is 1. The third-order valence-corrected chi connectivity index (χ3v) is 3.36. The topological polar surface area (TPSA) is 32.3 Å². The van der Waals surface area contributed by atoms with Gasteiger partial charge in [0.25, 0.3) is 0 Å². The maximum absolute atomic E-state index is 13.2. The zero-order valence-electron chi connectivity index (χ0n) is 9.76. The van der Waals surface area contributed by atoms with Crippen molar-refractivity contribution in [2.45, 2.75) is 25.4 Å². The summed E-state index contributed by atoms with van der Waals surface area (Å²) in [5, 5.41) is 13.7. The summed E-state index contributed by atoms with van der Waals surface area (Å²) in [6.07, 6.45) is 2.10. The zero-order valence-corrected chi connectivity index (χ0v) is 9.76. The van der Waals surface area contributed by atoms with Gasteiger partial charge >= 0.3 is 0 Å². The van der Waals surface area contributed by atoms with Crippen molar-refractivity contribution in [2.24, 2.45) is 5.92 Å². The van der Waals surface area contributed by atoms with E-state index >= 15 is 0 Å². The van der Waals surface area contributed by atoms with E-state index in [9.17, 15) is 9.50 Å². The van der Waals surface area contributed by atoms with Gasteiger partial charge in [-0.1, -0.05) is 12.1 Å². The Morgan fingerprint density at radius 3 is 2.69 bits per heavy atom. The first-order valence-electron chi connectivity index (χ1n) is 5.71. The Morgan fingerprint density at radius 2 is 2.19 bits per heavy atom. The highest BCUT2D eigenvalue weighted by Crippen LogP contribution is 2.45. The second kappa shape index (κ2) is 4.15. The number of rotatable bonds is 4. The first-order chi connectivity index (χ1) is 7.58. The normalized spacial score (nSPS) is 19.5. The fraction of sp³-hybridized carbons (Fsp3) is 0.538. The van der Waals surface area contributed by atoms with Crippen LogP contribution in [0.1, 0.15) is 24.0 Å². The maximum Gasteiger partial charge on any atom is 0.126 e. The lowest BCUT2D eigenvalue weighted by Gasteiger charge is -2.29. The number of halogens is 1. The molecule has 1 unspecified atom stereocenters. The Kier molecular flexibility index (Phi) is 3.00. The zero-order chi connectivity index (χ0) is 11.8. The lowest BCUT2D eigenvalue weighted by molar-refractivity contribution is 0.0152. The van der Waals surface area contributed by atoms with E-state index in [2.05, 4.69) is 5.32 Å². The molecule has 1 fully saturated rings.